The third kappa shape index (κ3) is 21.6. The Balaban J connectivity index is 0. The Morgan fingerprint density at radius 1 is 0.711 bits per heavy atom. The zero-order valence-corrected chi connectivity index (χ0v) is 29.9. The number of carbonyl (C=O) groups is 4. The summed E-state index contributed by atoms with van der Waals surface area (Å²) in [5, 5.41) is 18.3. The van der Waals surface area contributed by atoms with Gasteiger partial charge >= 0.3 is 5.97 Å². The van der Waals surface area contributed by atoms with Crippen LogP contribution in [0.4, 0.5) is 0 Å². The lowest BCUT2D eigenvalue weighted by Crippen LogP contribution is -2.51. The molecule has 0 aliphatic rings. The summed E-state index contributed by atoms with van der Waals surface area (Å²) in [6.45, 7) is 21.5. The van der Waals surface area contributed by atoms with Crippen molar-refractivity contribution in [2.75, 3.05) is 73.0 Å². The highest BCUT2D eigenvalue weighted by molar-refractivity contribution is 5.89. The summed E-state index contributed by atoms with van der Waals surface area (Å²) in [6.07, 6.45) is 2.49. The van der Waals surface area contributed by atoms with Crippen molar-refractivity contribution in [2.45, 2.75) is 112 Å². The lowest BCUT2D eigenvalue weighted by atomic mass is 9.89. The quantitative estimate of drug-likeness (QED) is 0.0966. The van der Waals surface area contributed by atoms with Crippen molar-refractivity contribution in [1.29, 1.82) is 0 Å². The Morgan fingerprint density at radius 3 is 1.62 bits per heavy atom. The predicted octanol–water partition coefficient (Wildman–Crippen LogP) is 3.19. The number of rotatable bonds is 27. The van der Waals surface area contributed by atoms with E-state index in [4.69, 9.17) is 24.1 Å². The third-order valence-corrected chi connectivity index (χ3v) is 7.92. The molecular formula is C33H65N3O9. The SMILES string of the molecule is CC(=O)C(C)(C)C.CCOCCCOCCNC(C)(CC)C(=O)COCCOCCNC(C)(CC)C(=O)CCC(NC)C(=O)O. The van der Waals surface area contributed by atoms with Gasteiger partial charge in [-0.25, -0.2) is 0 Å². The molecule has 4 N–H and O–H groups in total. The van der Waals surface area contributed by atoms with Gasteiger partial charge < -0.3 is 40.0 Å². The Hall–Kier alpha value is -1.80. The summed E-state index contributed by atoms with van der Waals surface area (Å²) in [6, 6.07) is -0.740. The molecule has 0 spiro atoms. The maximum Gasteiger partial charge on any atom is 0.320 e. The minimum atomic E-state index is -0.964. The second-order valence-electron chi connectivity index (χ2n) is 12.4. The first-order valence-electron chi connectivity index (χ1n) is 16.3. The first-order valence-corrected chi connectivity index (χ1v) is 16.3. The van der Waals surface area contributed by atoms with E-state index in [1.54, 1.807) is 14.0 Å². The summed E-state index contributed by atoms with van der Waals surface area (Å²) in [5.41, 5.74) is -1.55. The number of hydrogen-bond donors (Lipinski definition) is 4. The van der Waals surface area contributed by atoms with Gasteiger partial charge in [0.15, 0.2) is 11.6 Å². The molecule has 0 aliphatic heterocycles. The van der Waals surface area contributed by atoms with E-state index >= 15 is 0 Å². The van der Waals surface area contributed by atoms with Crippen LogP contribution in [0.5, 0.6) is 0 Å². The Kier molecular flexibility index (Phi) is 25.5. The van der Waals surface area contributed by atoms with Gasteiger partial charge in [0.05, 0.1) is 37.5 Å². The van der Waals surface area contributed by atoms with Crippen LogP contribution in [-0.2, 0) is 38.1 Å². The van der Waals surface area contributed by atoms with E-state index in [1.165, 1.54) is 0 Å². The van der Waals surface area contributed by atoms with Gasteiger partial charge in [0.1, 0.15) is 18.4 Å². The molecule has 0 rings (SSSR count). The molecule has 3 unspecified atom stereocenters. The van der Waals surface area contributed by atoms with Crippen LogP contribution in [0.15, 0.2) is 0 Å². The minimum absolute atomic E-state index is 0.000521. The smallest absolute Gasteiger partial charge is 0.320 e. The number of likely N-dealkylation sites (N-methyl/N-ethyl adjacent to an activating group) is 1. The molecule has 0 heterocycles. The molecule has 0 aromatic heterocycles. The van der Waals surface area contributed by atoms with E-state index < -0.39 is 23.1 Å². The van der Waals surface area contributed by atoms with Gasteiger partial charge in [-0.05, 0) is 60.4 Å². The maximum atomic E-state index is 12.7. The zero-order chi connectivity index (χ0) is 34.9. The highest BCUT2D eigenvalue weighted by atomic mass is 16.5. The molecule has 12 nitrogen and oxygen atoms in total. The molecule has 0 fully saturated rings. The summed E-state index contributed by atoms with van der Waals surface area (Å²) < 4.78 is 22.0. The topological polar surface area (TPSA) is 162 Å². The van der Waals surface area contributed by atoms with Crippen molar-refractivity contribution in [1.82, 2.24) is 16.0 Å². The number of ether oxygens (including phenoxy) is 4. The van der Waals surface area contributed by atoms with Gasteiger partial charge in [-0.2, -0.15) is 0 Å². The van der Waals surface area contributed by atoms with E-state index in [1.807, 2.05) is 55.4 Å². The van der Waals surface area contributed by atoms with Crippen LogP contribution in [0.2, 0.25) is 0 Å². The fourth-order valence-corrected chi connectivity index (χ4v) is 3.64. The van der Waals surface area contributed by atoms with Crippen molar-refractivity contribution < 1.29 is 43.2 Å². The molecular weight excluding hydrogens is 582 g/mol. The molecule has 0 saturated heterocycles. The average Bonchev–Trinajstić information content (AvgIpc) is 2.99. The van der Waals surface area contributed by atoms with Crippen LogP contribution in [-0.4, -0.2) is 119 Å². The lowest BCUT2D eigenvalue weighted by Gasteiger charge is -2.29. The predicted molar refractivity (Wildman–Crippen MR) is 177 cm³/mol. The van der Waals surface area contributed by atoms with Crippen LogP contribution in [0, 0.1) is 5.41 Å². The van der Waals surface area contributed by atoms with Gasteiger partial charge in [-0.1, -0.05) is 34.6 Å². The Morgan fingerprint density at radius 2 is 1.18 bits per heavy atom. The first-order chi connectivity index (χ1) is 21.0. The van der Waals surface area contributed by atoms with E-state index in [0.29, 0.717) is 72.2 Å². The molecule has 0 aromatic rings. The van der Waals surface area contributed by atoms with Crippen LogP contribution in [0.1, 0.15) is 94.4 Å². The number of carboxylic acids is 1. The van der Waals surface area contributed by atoms with Crippen molar-refractivity contribution in [2.24, 2.45) is 5.41 Å². The number of aliphatic carboxylic acids is 1. The Labute approximate surface area is 272 Å². The van der Waals surface area contributed by atoms with E-state index in [9.17, 15) is 19.2 Å². The van der Waals surface area contributed by atoms with E-state index in [0.717, 1.165) is 6.42 Å². The fraction of sp³-hybridized carbons (Fsp3) is 0.879. The van der Waals surface area contributed by atoms with Crippen LogP contribution < -0.4 is 16.0 Å². The van der Waals surface area contributed by atoms with Crippen LogP contribution >= 0.6 is 0 Å². The van der Waals surface area contributed by atoms with Gasteiger partial charge in [-0.15, -0.1) is 0 Å². The number of nitrogens with one attached hydrogen (secondary N) is 3. The van der Waals surface area contributed by atoms with Gasteiger partial charge in [0.25, 0.3) is 0 Å². The third-order valence-electron chi connectivity index (χ3n) is 7.92. The highest BCUT2D eigenvalue weighted by Crippen LogP contribution is 2.15. The monoisotopic (exact) mass is 647 g/mol. The second kappa shape index (κ2) is 25.3. The van der Waals surface area contributed by atoms with Crippen LogP contribution in [0.25, 0.3) is 0 Å². The van der Waals surface area contributed by atoms with Gasteiger partial charge in [-0.3, -0.25) is 19.2 Å². The molecule has 0 bridgehead atoms. The molecule has 0 amide bonds. The number of carbonyl (C=O) groups excluding carboxylic acids is 3. The lowest BCUT2D eigenvalue weighted by molar-refractivity contribution is -0.139. The first kappa shape index (κ1) is 45.3. The fourth-order valence-electron chi connectivity index (χ4n) is 3.64. The maximum absolute atomic E-state index is 12.7. The Bertz CT molecular complexity index is 835. The molecule has 0 aromatic carbocycles. The van der Waals surface area contributed by atoms with E-state index in [2.05, 4.69) is 16.0 Å². The summed E-state index contributed by atoms with van der Waals surface area (Å²) >= 11 is 0. The summed E-state index contributed by atoms with van der Waals surface area (Å²) in [5.74, 6) is -0.760. The largest absolute Gasteiger partial charge is 0.480 e. The molecule has 266 valence electrons. The zero-order valence-electron chi connectivity index (χ0n) is 29.9. The molecule has 3 atom stereocenters. The normalized spacial score (nSPS) is 14.9. The second-order valence-corrected chi connectivity index (χ2v) is 12.4. The van der Waals surface area contributed by atoms with Crippen molar-refractivity contribution >= 4 is 23.3 Å². The standard InChI is InChI=1S/C27H53N3O8.C6H12O/c1-7-26(4,23(31)12-11-22(28-6)25(33)34)29-14-18-37-19-20-38-21-24(32)27(5,8-2)30-13-17-36-16-10-15-35-9-3;1-5(7)6(2,3)4/h22,28-30H,7-21H2,1-6H3,(H,33,34);1-4H3. The van der Waals surface area contributed by atoms with Crippen molar-refractivity contribution in [3.05, 3.63) is 0 Å². The number of carboxylic acid groups (broad SMARTS) is 1. The number of hydrogen-bond acceptors (Lipinski definition) is 11. The molecule has 0 saturated carbocycles. The highest BCUT2D eigenvalue weighted by Gasteiger charge is 2.31. The number of ketones is 3. The molecule has 45 heavy (non-hydrogen) atoms. The van der Waals surface area contributed by atoms with Crippen molar-refractivity contribution in [3.63, 3.8) is 0 Å². The van der Waals surface area contributed by atoms with E-state index in [-0.39, 0.29) is 42.2 Å². The molecule has 12 heteroatoms. The summed E-state index contributed by atoms with van der Waals surface area (Å²) in [4.78, 5) is 46.9. The average molecular weight is 648 g/mol. The minimum Gasteiger partial charge on any atom is -0.480 e. The molecule has 0 aliphatic carbocycles. The van der Waals surface area contributed by atoms with Crippen molar-refractivity contribution in [3.8, 4) is 0 Å². The summed E-state index contributed by atoms with van der Waals surface area (Å²) in [7, 11) is 1.57. The van der Waals surface area contributed by atoms with Crippen LogP contribution in [0.3, 0.4) is 0 Å². The van der Waals surface area contributed by atoms with Gasteiger partial charge in [0, 0.05) is 44.7 Å². The van der Waals surface area contributed by atoms with Gasteiger partial charge in [0.2, 0.25) is 0 Å². The number of Topliss-reactive ketones (excluding diaryl/α,β-unsaturated/α-hetero) is 3. The molecule has 0 radical (unpaired) electrons.